The summed E-state index contributed by atoms with van der Waals surface area (Å²) in [5.41, 5.74) is -0.945. The highest BCUT2D eigenvalue weighted by atomic mass is 35.5. The van der Waals surface area contributed by atoms with Crippen LogP contribution in [-0.4, -0.2) is 33.5 Å². The normalized spacial score (nSPS) is 28.6. The van der Waals surface area contributed by atoms with Crippen molar-refractivity contribution in [2.24, 2.45) is 11.8 Å². The topological polar surface area (TPSA) is 107 Å². The Kier molecular flexibility index (Phi) is 4.59. The molecule has 0 radical (unpaired) electrons. The average Bonchev–Trinajstić information content (AvgIpc) is 3.17. The first-order valence-electron chi connectivity index (χ1n) is 9.24. The molecule has 0 bridgehead atoms. The summed E-state index contributed by atoms with van der Waals surface area (Å²) in [6.45, 7) is 1.66. The third kappa shape index (κ3) is 2.73. The van der Waals surface area contributed by atoms with Crippen molar-refractivity contribution in [3.05, 3.63) is 59.1 Å². The molecule has 0 aliphatic carbocycles. The van der Waals surface area contributed by atoms with E-state index in [1.54, 1.807) is 43.3 Å². The average molecular weight is 415 g/mol. The minimum atomic E-state index is -1.63. The second-order valence-corrected chi connectivity index (χ2v) is 7.74. The maximum Gasteiger partial charge on any atom is 0.324 e. The zero-order chi connectivity index (χ0) is 20.9. The van der Waals surface area contributed by atoms with Gasteiger partial charge in [-0.15, -0.1) is 0 Å². The summed E-state index contributed by atoms with van der Waals surface area (Å²) < 4.78 is 0. The molecule has 8 heteroatoms. The Morgan fingerprint density at radius 3 is 2.52 bits per heavy atom. The van der Waals surface area contributed by atoms with Gasteiger partial charge in [0.2, 0.25) is 11.8 Å². The second-order valence-electron chi connectivity index (χ2n) is 7.31. The van der Waals surface area contributed by atoms with Gasteiger partial charge in [0, 0.05) is 16.6 Å². The minimum Gasteiger partial charge on any atom is -0.508 e. The Morgan fingerprint density at radius 1 is 1.17 bits per heavy atom. The first-order chi connectivity index (χ1) is 13.8. The van der Waals surface area contributed by atoms with Gasteiger partial charge in [0.25, 0.3) is 0 Å². The maximum atomic E-state index is 13.4. The standard InChI is InChI=1S/C21H19ClN2O5/c1-2-21(20(28)29)16-15(17(23-21)13-8-3-4-9-14(13)25)18(26)24(19(16)27)12-7-5-6-11(22)10-12/h3-10,15-17,23,25H,2H2,1H3,(H,28,29)/t15-,16-,17+,21-/m0/s1. The number of carboxylic acid groups (broad SMARTS) is 1. The number of amides is 2. The molecule has 3 N–H and O–H groups in total. The van der Waals surface area contributed by atoms with Crippen molar-refractivity contribution < 1.29 is 24.6 Å². The Labute approximate surface area is 171 Å². The van der Waals surface area contributed by atoms with E-state index in [0.717, 1.165) is 4.90 Å². The summed E-state index contributed by atoms with van der Waals surface area (Å²) in [6.07, 6.45) is 0.0933. The van der Waals surface area contributed by atoms with Crippen molar-refractivity contribution in [1.82, 2.24) is 5.32 Å². The summed E-state index contributed by atoms with van der Waals surface area (Å²) in [6, 6.07) is 11.9. The number of hydrogen-bond donors (Lipinski definition) is 3. The SMILES string of the molecule is CC[C@]1(C(=O)O)N[C@H](c2ccccc2O)[C@H]2C(=O)N(c3cccc(Cl)c3)C(=O)[C@H]21. The van der Waals surface area contributed by atoms with Crippen LogP contribution in [0.3, 0.4) is 0 Å². The van der Waals surface area contributed by atoms with Crippen LogP contribution in [0.1, 0.15) is 24.9 Å². The van der Waals surface area contributed by atoms with Crippen LogP contribution in [0.4, 0.5) is 5.69 Å². The number of aromatic hydroxyl groups is 1. The van der Waals surface area contributed by atoms with Gasteiger partial charge in [0.05, 0.1) is 17.5 Å². The number of anilines is 1. The number of aliphatic carboxylic acids is 1. The molecule has 0 unspecified atom stereocenters. The lowest BCUT2D eigenvalue weighted by Crippen LogP contribution is -2.55. The molecule has 4 atom stereocenters. The van der Waals surface area contributed by atoms with Crippen LogP contribution in [0, 0.1) is 11.8 Å². The van der Waals surface area contributed by atoms with Crippen molar-refractivity contribution in [2.45, 2.75) is 24.9 Å². The van der Waals surface area contributed by atoms with Crippen LogP contribution in [0.5, 0.6) is 5.75 Å². The number of imide groups is 1. The predicted molar refractivity (Wildman–Crippen MR) is 106 cm³/mol. The molecule has 0 saturated carbocycles. The number of phenols is 1. The molecule has 2 saturated heterocycles. The van der Waals surface area contributed by atoms with Crippen LogP contribution in [0.2, 0.25) is 5.02 Å². The van der Waals surface area contributed by atoms with Crippen LogP contribution >= 0.6 is 11.6 Å². The molecule has 2 aromatic carbocycles. The van der Waals surface area contributed by atoms with Gasteiger partial charge in [0.1, 0.15) is 11.3 Å². The quantitative estimate of drug-likeness (QED) is 0.664. The molecule has 2 aromatic rings. The summed E-state index contributed by atoms with van der Waals surface area (Å²) in [5, 5.41) is 23.7. The van der Waals surface area contributed by atoms with Gasteiger partial charge in [-0.3, -0.25) is 19.7 Å². The summed E-state index contributed by atoms with van der Waals surface area (Å²) >= 11 is 6.03. The molecule has 0 aromatic heterocycles. The molecule has 4 rings (SSSR count). The maximum absolute atomic E-state index is 13.4. The first kappa shape index (κ1) is 19.4. The number of hydrogen-bond acceptors (Lipinski definition) is 5. The third-order valence-electron chi connectivity index (χ3n) is 5.93. The molecule has 150 valence electrons. The molecule has 2 aliphatic rings. The van der Waals surface area contributed by atoms with E-state index >= 15 is 0 Å². The lowest BCUT2D eigenvalue weighted by atomic mass is 9.78. The van der Waals surface area contributed by atoms with Crippen LogP contribution in [0.25, 0.3) is 0 Å². The second kappa shape index (κ2) is 6.86. The third-order valence-corrected chi connectivity index (χ3v) is 6.17. The number of phenolic OH excluding ortho intramolecular Hbond substituents is 1. The van der Waals surface area contributed by atoms with E-state index in [4.69, 9.17) is 11.6 Å². The summed E-state index contributed by atoms with van der Waals surface area (Å²) in [5.74, 6) is -4.45. The molecule has 2 aliphatic heterocycles. The van der Waals surface area contributed by atoms with Gasteiger partial charge < -0.3 is 10.2 Å². The zero-order valence-corrected chi connectivity index (χ0v) is 16.3. The van der Waals surface area contributed by atoms with Crippen molar-refractivity contribution >= 4 is 35.1 Å². The van der Waals surface area contributed by atoms with Gasteiger partial charge in [-0.05, 0) is 30.7 Å². The first-order valence-corrected chi connectivity index (χ1v) is 9.62. The number of para-hydroxylation sites is 1. The van der Waals surface area contributed by atoms with E-state index in [9.17, 15) is 24.6 Å². The smallest absolute Gasteiger partial charge is 0.324 e. The highest BCUT2D eigenvalue weighted by Crippen LogP contribution is 2.52. The predicted octanol–water partition coefficient (Wildman–Crippen LogP) is 2.73. The van der Waals surface area contributed by atoms with Crippen molar-refractivity contribution in [3.63, 3.8) is 0 Å². The van der Waals surface area contributed by atoms with Crippen LogP contribution in [-0.2, 0) is 14.4 Å². The number of nitrogens with one attached hydrogen (secondary N) is 1. The highest BCUT2D eigenvalue weighted by molar-refractivity contribution is 6.31. The Bertz CT molecular complexity index is 1030. The minimum absolute atomic E-state index is 0.0671. The number of fused-ring (bicyclic) bond motifs is 1. The van der Waals surface area contributed by atoms with Gasteiger partial charge in [-0.25, -0.2) is 4.90 Å². The van der Waals surface area contributed by atoms with E-state index in [1.165, 1.54) is 12.1 Å². The zero-order valence-electron chi connectivity index (χ0n) is 15.5. The highest BCUT2D eigenvalue weighted by Gasteiger charge is 2.68. The summed E-state index contributed by atoms with van der Waals surface area (Å²) in [7, 11) is 0. The molecule has 29 heavy (non-hydrogen) atoms. The molecule has 2 amide bonds. The van der Waals surface area contributed by atoms with Gasteiger partial charge in [0.15, 0.2) is 0 Å². The number of carbonyl (C=O) groups excluding carboxylic acids is 2. The van der Waals surface area contributed by atoms with Gasteiger partial charge >= 0.3 is 5.97 Å². The van der Waals surface area contributed by atoms with Gasteiger partial charge in [-0.2, -0.15) is 0 Å². The Hall–Kier alpha value is -2.90. The summed E-state index contributed by atoms with van der Waals surface area (Å²) in [4.78, 5) is 40.0. The van der Waals surface area contributed by atoms with E-state index in [-0.39, 0.29) is 12.2 Å². The fraction of sp³-hybridized carbons (Fsp3) is 0.286. The largest absolute Gasteiger partial charge is 0.508 e. The molecule has 7 nitrogen and oxygen atoms in total. The molecular formula is C21H19ClN2O5. The van der Waals surface area contributed by atoms with E-state index in [1.807, 2.05) is 0 Å². The Morgan fingerprint density at radius 2 is 1.90 bits per heavy atom. The van der Waals surface area contributed by atoms with E-state index in [2.05, 4.69) is 5.32 Å². The van der Waals surface area contributed by atoms with Crippen LogP contribution < -0.4 is 10.2 Å². The fourth-order valence-electron chi connectivity index (χ4n) is 4.56. The van der Waals surface area contributed by atoms with Crippen LogP contribution in [0.15, 0.2) is 48.5 Å². The van der Waals surface area contributed by atoms with Crippen molar-refractivity contribution in [2.75, 3.05) is 4.90 Å². The number of rotatable bonds is 4. The Balaban J connectivity index is 1.88. The number of halogens is 1. The number of carboxylic acids is 1. The lowest BCUT2D eigenvalue weighted by Gasteiger charge is -2.30. The molecule has 2 fully saturated rings. The number of nitrogens with zero attached hydrogens (tertiary/aromatic N) is 1. The van der Waals surface area contributed by atoms with Gasteiger partial charge in [-0.1, -0.05) is 42.8 Å². The monoisotopic (exact) mass is 414 g/mol. The molecule has 2 heterocycles. The molecule has 0 spiro atoms. The lowest BCUT2D eigenvalue weighted by molar-refractivity contribution is -0.149. The van der Waals surface area contributed by atoms with E-state index < -0.39 is 41.2 Å². The van der Waals surface area contributed by atoms with Crippen molar-refractivity contribution in [1.29, 1.82) is 0 Å². The van der Waals surface area contributed by atoms with E-state index in [0.29, 0.717) is 16.3 Å². The molecular weight excluding hydrogens is 396 g/mol. The fourth-order valence-corrected chi connectivity index (χ4v) is 4.75. The number of carbonyl (C=O) groups is 3. The number of benzene rings is 2. The van der Waals surface area contributed by atoms with Crippen molar-refractivity contribution in [3.8, 4) is 5.75 Å².